The van der Waals surface area contributed by atoms with E-state index >= 15 is 0 Å². The second-order valence-electron chi connectivity index (χ2n) is 3.97. The van der Waals surface area contributed by atoms with E-state index in [2.05, 4.69) is 0 Å². The average molecular weight is 262 g/mol. The number of nitrogens with zero attached hydrogens (tertiary/aromatic N) is 2. The van der Waals surface area contributed by atoms with Gasteiger partial charge in [0.05, 0.1) is 19.2 Å². The van der Waals surface area contributed by atoms with Crippen LogP contribution in [0, 0.1) is 11.3 Å². The summed E-state index contributed by atoms with van der Waals surface area (Å²) < 4.78 is 5.22. The highest BCUT2D eigenvalue weighted by molar-refractivity contribution is 7.98. The Morgan fingerprint density at radius 3 is 2.83 bits per heavy atom. The van der Waals surface area contributed by atoms with Crippen molar-refractivity contribution < 1.29 is 9.53 Å². The largest absolute Gasteiger partial charge is 0.360 e. The van der Waals surface area contributed by atoms with Crippen LogP contribution in [-0.4, -0.2) is 42.9 Å². The lowest BCUT2D eigenvalue weighted by atomic mass is 10.2. The number of carbonyl (C=O) groups excluding carboxylic acids is 1. The molecule has 1 heterocycles. The summed E-state index contributed by atoms with van der Waals surface area (Å²) in [6.45, 7) is 1.31. The maximum atomic E-state index is 12.2. The molecule has 18 heavy (non-hydrogen) atoms. The molecule has 0 N–H and O–H groups in total. The summed E-state index contributed by atoms with van der Waals surface area (Å²) in [5, 5.41) is 8.81. The van der Waals surface area contributed by atoms with E-state index in [-0.39, 0.29) is 5.91 Å². The quantitative estimate of drug-likeness (QED) is 0.762. The predicted octanol–water partition coefficient (Wildman–Crippen LogP) is 1.77. The molecule has 0 radical (unpaired) electrons. The van der Waals surface area contributed by atoms with Crippen molar-refractivity contribution in [1.82, 2.24) is 4.90 Å². The molecule has 1 fully saturated rings. The number of morpholine rings is 1. The predicted molar refractivity (Wildman–Crippen MR) is 69.5 cm³/mol. The minimum absolute atomic E-state index is 0.0359. The van der Waals surface area contributed by atoms with Crippen LogP contribution in [0.4, 0.5) is 0 Å². The number of ether oxygens (including phenoxy) is 1. The summed E-state index contributed by atoms with van der Waals surface area (Å²) in [7, 11) is 0. The molecule has 94 valence electrons. The number of hydrogen-bond acceptors (Lipinski definition) is 4. The van der Waals surface area contributed by atoms with E-state index in [9.17, 15) is 4.79 Å². The third kappa shape index (κ3) is 2.84. The fourth-order valence-electron chi connectivity index (χ4n) is 1.83. The van der Waals surface area contributed by atoms with Crippen LogP contribution in [-0.2, 0) is 4.74 Å². The number of thioether (sulfide) groups is 1. The molecule has 1 aliphatic rings. The standard InChI is InChI=1S/C13H14N2O2S/c1-18-12-4-2-10(3-5-12)13(16)15-6-7-17-11(8-14)9-15/h2-5,11H,6-7,9H2,1H3. The van der Waals surface area contributed by atoms with Gasteiger partial charge in [0, 0.05) is 17.0 Å². The molecule has 1 aliphatic heterocycles. The Kier molecular flexibility index (Phi) is 4.24. The first kappa shape index (κ1) is 12.9. The molecule has 1 aromatic rings. The normalized spacial score (nSPS) is 19.3. The lowest BCUT2D eigenvalue weighted by Gasteiger charge is -2.29. The monoisotopic (exact) mass is 262 g/mol. The highest BCUT2D eigenvalue weighted by Gasteiger charge is 2.24. The molecular weight excluding hydrogens is 248 g/mol. The first-order valence-corrected chi connectivity index (χ1v) is 6.91. The van der Waals surface area contributed by atoms with Crippen molar-refractivity contribution in [3.63, 3.8) is 0 Å². The molecule has 0 aromatic heterocycles. The van der Waals surface area contributed by atoms with E-state index in [0.29, 0.717) is 25.3 Å². The number of nitriles is 1. The van der Waals surface area contributed by atoms with Crippen LogP contribution in [0.25, 0.3) is 0 Å². The van der Waals surface area contributed by atoms with Crippen LogP contribution in [0.15, 0.2) is 29.2 Å². The van der Waals surface area contributed by atoms with E-state index in [1.807, 2.05) is 36.6 Å². The summed E-state index contributed by atoms with van der Waals surface area (Å²) >= 11 is 1.64. The number of carbonyl (C=O) groups is 1. The van der Waals surface area contributed by atoms with Gasteiger partial charge in [-0.25, -0.2) is 0 Å². The van der Waals surface area contributed by atoms with E-state index in [1.165, 1.54) is 0 Å². The molecule has 1 unspecified atom stereocenters. The van der Waals surface area contributed by atoms with Crippen LogP contribution in [0.3, 0.4) is 0 Å². The Bertz CT molecular complexity index is 467. The third-order valence-electron chi connectivity index (χ3n) is 2.83. The number of amides is 1. The zero-order valence-electron chi connectivity index (χ0n) is 10.1. The topological polar surface area (TPSA) is 53.3 Å². The smallest absolute Gasteiger partial charge is 0.254 e. The zero-order chi connectivity index (χ0) is 13.0. The highest BCUT2D eigenvalue weighted by Crippen LogP contribution is 2.16. The highest BCUT2D eigenvalue weighted by atomic mass is 32.2. The van der Waals surface area contributed by atoms with Gasteiger partial charge < -0.3 is 9.64 Å². The Morgan fingerprint density at radius 2 is 2.22 bits per heavy atom. The number of hydrogen-bond donors (Lipinski definition) is 0. The van der Waals surface area contributed by atoms with Crippen molar-refractivity contribution in [2.75, 3.05) is 26.0 Å². The van der Waals surface area contributed by atoms with E-state index in [4.69, 9.17) is 10.00 Å². The van der Waals surface area contributed by atoms with Gasteiger partial charge >= 0.3 is 0 Å². The molecule has 0 saturated carbocycles. The molecule has 4 nitrogen and oxygen atoms in total. The van der Waals surface area contributed by atoms with Crippen LogP contribution in [0.1, 0.15) is 10.4 Å². The number of rotatable bonds is 2. The molecule has 1 amide bonds. The molecule has 5 heteroatoms. The van der Waals surface area contributed by atoms with Gasteiger partial charge in [0.1, 0.15) is 0 Å². The lowest BCUT2D eigenvalue weighted by Crippen LogP contribution is -2.45. The van der Waals surface area contributed by atoms with E-state index in [1.54, 1.807) is 16.7 Å². The van der Waals surface area contributed by atoms with E-state index < -0.39 is 6.10 Å². The first-order valence-electron chi connectivity index (χ1n) is 5.69. The second-order valence-corrected chi connectivity index (χ2v) is 4.85. The Hall–Kier alpha value is -1.51. The van der Waals surface area contributed by atoms with Crippen molar-refractivity contribution in [3.05, 3.63) is 29.8 Å². The van der Waals surface area contributed by atoms with Gasteiger partial charge in [0.25, 0.3) is 5.91 Å². The fourth-order valence-corrected chi connectivity index (χ4v) is 2.24. The SMILES string of the molecule is CSc1ccc(C(=O)N2CCOC(C#N)C2)cc1. The summed E-state index contributed by atoms with van der Waals surface area (Å²) in [6, 6.07) is 9.55. The van der Waals surface area contributed by atoms with Crippen molar-refractivity contribution >= 4 is 17.7 Å². The van der Waals surface area contributed by atoms with Crippen molar-refractivity contribution in [2.24, 2.45) is 0 Å². The summed E-state index contributed by atoms with van der Waals surface area (Å²) in [6.07, 6.45) is 1.49. The maximum absolute atomic E-state index is 12.2. The minimum atomic E-state index is -0.506. The molecule has 1 aromatic carbocycles. The maximum Gasteiger partial charge on any atom is 0.254 e. The molecule has 1 saturated heterocycles. The first-order chi connectivity index (χ1) is 8.74. The molecular formula is C13H14N2O2S. The lowest BCUT2D eigenvalue weighted by molar-refractivity contribution is 0.00346. The Morgan fingerprint density at radius 1 is 1.50 bits per heavy atom. The zero-order valence-corrected chi connectivity index (χ0v) is 10.9. The van der Waals surface area contributed by atoms with Crippen molar-refractivity contribution in [1.29, 1.82) is 5.26 Å². The van der Waals surface area contributed by atoms with Gasteiger partial charge in [-0.15, -0.1) is 11.8 Å². The Labute approximate surface area is 111 Å². The van der Waals surface area contributed by atoms with Gasteiger partial charge in [-0.3, -0.25) is 4.79 Å². The Balaban J connectivity index is 2.08. The van der Waals surface area contributed by atoms with Gasteiger partial charge in [0.2, 0.25) is 0 Å². The molecule has 2 rings (SSSR count). The molecule has 0 aliphatic carbocycles. The second kappa shape index (κ2) is 5.89. The summed E-state index contributed by atoms with van der Waals surface area (Å²) in [5.74, 6) is -0.0359. The van der Waals surface area contributed by atoms with Crippen LogP contribution in [0.5, 0.6) is 0 Å². The molecule has 1 atom stereocenters. The fraction of sp³-hybridized carbons (Fsp3) is 0.385. The van der Waals surface area contributed by atoms with Gasteiger partial charge in [0.15, 0.2) is 6.10 Å². The van der Waals surface area contributed by atoms with Gasteiger partial charge in [-0.1, -0.05) is 0 Å². The molecule has 0 bridgehead atoms. The van der Waals surface area contributed by atoms with Crippen LogP contribution >= 0.6 is 11.8 Å². The van der Waals surface area contributed by atoms with Crippen LogP contribution in [0.2, 0.25) is 0 Å². The average Bonchev–Trinajstić information content (AvgIpc) is 2.46. The number of benzene rings is 1. The summed E-state index contributed by atoms with van der Waals surface area (Å²) in [5.41, 5.74) is 0.659. The summed E-state index contributed by atoms with van der Waals surface area (Å²) in [4.78, 5) is 15.0. The van der Waals surface area contributed by atoms with Gasteiger partial charge in [-0.05, 0) is 30.5 Å². The van der Waals surface area contributed by atoms with E-state index in [0.717, 1.165) is 4.90 Å². The van der Waals surface area contributed by atoms with Crippen molar-refractivity contribution in [2.45, 2.75) is 11.0 Å². The van der Waals surface area contributed by atoms with Crippen molar-refractivity contribution in [3.8, 4) is 6.07 Å². The molecule has 0 spiro atoms. The van der Waals surface area contributed by atoms with Gasteiger partial charge in [-0.2, -0.15) is 5.26 Å². The third-order valence-corrected chi connectivity index (χ3v) is 3.58. The minimum Gasteiger partial charge on any atom is -0.360 e. The van der Waals surface area contributed by atoms with Crippen LogP contribution < -0.4 is 0 Å².